The highest BCUT2D eigenvalue weighted by Crippen LogP contribution is 2.22. The number of thiophene rings is 1. The van der Waals surface area contributed by atoms with Gasteiger partial charge in [-0.15, -0.1) is 11.3 Å². The maximum Gasteiger partial charge on any atom is 0.350 e. The van der Waals surface area contributed by atoms with Gasteiger partial charge >= 0.3 is 12.0 Å². The molecule has 1 heterocycles. The van der Waals surface area contributed by atoms with Crippen LogP contribution in [0.1, 0.15) is 15.2 Å². The van der Waals surface area contributed by atoms with Crippen LogP contribution in [0.4, 0.5) is 10.5 Å². The fraction of sp³-hybridized carbons (Fsp3) is 0.250. The Morgan fingerprint density at radius 1 is 1.13 bits per heavy atom. The second-order valence-electron chi connectivity index (χ2n) is 4.63. The molecule has 7 heteroatoms. The van der Waals surface area contributed by atoms with Gasteiger partial charge in [0.15, 0.2) is 0 Å². The van der Waals surface area contributed by atoms with Gasteiger partial charge in [-0.05, 0) is 35.6 Å². The number of carbonyl (C=O) groups is 2. The molecule has 2 N–H and O–H groups in total. The summed E-state index contributed by atoms with van der Waals surface area (Å²) in [4.78, 5) is 23.8. The molecule has 0 spiro atoms. The third-order valence-electron chi connectivity index (χ3n) is 3.14. The lowest BCUT2D eigenvalue weighted by Gasteiger charge is -2.08. The molecule has 0 saturated carbocycles. The van der Waals surface area contributed by atoms with E-state index in [0.29, 0.717) is 23.5 Å². The van der Waals surface area contributed by atoms with Crippen LogP contribution in [-0.4, -0.2) is 32.8 Å². The molecule has 2 aromatic rings. The molecule has 0 bridgehead atoms. The van der Waals surface area contributed by atoms with E-state index in [1.54, 1.807) is 18.6 Å². The highest BCUT2D eigenvalue weighted by molar-refractivity contribution is 7.12. The van der Waals surface area contributed by atoms with Gasteiger partial charge in [0.05, 0.1) is 19.9 Å². The number of urea groups is 1. The SMILES string of the molecule is COC(=O)c1sccc1NC(=O)NCCc1ccc(OC)cc1. The van der Waals surface area contributed by atoms with E-state index in [9.17, 15) is 9.59 Å². The Labute approximate surface area is 138 Å². The van der Waals surface area contributed by atoms with Crippen molar-refractivity contribution < 1.29 is 19.1 Å². The normalized spacial score (nSPS) is 10.0. The molecule has 0 atom stereocenters. The zero-order chi connectivity index (χ0) is 16.7. The Hall–Kier alpha value is -2.54. The third-order valence-corrected chi connectivity index (χ3v) is 4.04. The molecular formula is C16H18N2O4S. The molecule has 122 valence electrons. The lowest BCUT2D eigenvalue weighted by atomic mass is 10.1. The minimum atomic E-state index is -0.464. The first kappa shape index (κ1) is 16.8. The zero-order valence-electron chi connectivity index (χ0n) is 12.9. The van der Waals surface area contributed by atoms with Gasteiger partial charge in [0.2, 0.25) is 0 Å². The monoisotopic (exact) mass is 334 g/mol. The lowest BCUT2D eigenvalue weighted by Crippen LogP contribution is -2.30. The van der Waals surface area contributed by atoms with Crippen LogP contribution in [-0.2, 0) is 11.2 Å². The Morgan fingerprint density at radius 3 is 2.52 bits per heavy atom. The van der Waals surface area contributed by atoms with E-state index in [-0.39, 0.29) is 6.03 Å². The van der Waals surface area contributed by atoms with Gasteiger partial charge in [-0.25, -0.2) is 9.59 Å². The summed E-state index contributed by atoms with van der Waals surface area (Å²) in [6, 6.07) is 8.97. The van der Waals surface area contributed by atoms with Crippen LogP contribution in [0.25, 0.3) is 0 Å². The molecule has 2 amide bonds. The highest BCUT2D eigenvalue weighted by Gasteiger charge is 2.15. The fourth-order valence-corrected chi connectivity index (χ4v) is 2.70. The van der Waals surface area contributed by atoms with Crippen molar-refractivity contribution in [2.75, 3.05) is 26.1 Å². The molecule has 2 rings (SSSR count). The molecule has 0 fully saturated rings. The number of benzene rings is 1. The van der Waals surface area contributed by atoms with E-state index in [0.717, 1.165) is 11.3 Å². The molecule has 0 saturated heterocycles. The topological polar surface area (TPSA) is 76.7 Å². The smallest absolute Gasteiger partial charge is 0.350 e. The van der Waals surface area contributed by atoms with Crippen LogP contribution >= 0.6 is 11.3 Å². The highest BCUT2D eigenvalue weighted by atomic mass is 32.1. The van der Waals surface area contributed by atoms with Crippen LogP contribution in [0.2, 0.25) is 0 Å². The number of ether oxygens (including phenoxy) is 2. The molecule has 23 heavy (non-hydrogen) atoms. The van der Waals surface area contributed by atoms with E-state index in [4.69, 9.17) is 4.74 Å². The first-order valence-corrected chi connectivity index (χ1v) is 7.85. The number of nitrogens with one attached hydrogen (secondary N) is 2. The number of hydrogen-bond donors (Lipinski definition) is 2. The van der Waals surface area contributed by atoms with Crippen molar-refractivity contribution in [3.8, 4) is 5.75 Å². The maximum atomic E-state index is 11.9. The molecule has 0 aliphatic rings. The summed E-state index contributed by atoms with van der Waals surface area (Å²) >= 11 is 1.22. The van der Waals surface area contributed by atoms with Crippen molar-refractivity contribution in [1.82, 2.24) is 5.32 Å². The van der Waals surface area contributed by atoms with Crippen LogP contribution in [0.3, 0.4) is 0 Å². The number of carbonyl (C=O) groups excluding carboxylic acids is 2. The first-order chi connectivity index (χ1) is 11.1. The summed E-state index contributed by atoms with van der Waals surface area (Å²) in [7, 11) is 2.93. The Balaban J connectivity index is 1.81. The first-order valence-electron chi connectivity index (χ1n) is 6.97. The van der Waals surface area contributed by atoms with E-state index < -0.39 is 5.97 Å². The van der Waals surface area contributed by atoms with Gasteiger partial charge in [0.25, 0.3) is 0 Å². The summed E-state index contributed by atoms with van der Waals surface area (Å²) in [5.74, 6) is 0.334. The van der Waals surface area contributed by atoms with Gasteiger partial charge in [0, 0.05) is 6.54 Å². The van der Waals surface area contributed by atoms with Gasteiger partial charge in [-0.2, -0.15) is 0 Å². The van der Waals surface area contributed by atoms with Crippen molar-refractivity contribution in [3.63, 3.8) is 0 Å². The standard InChI is InChI=1S/C16H18N2O4S/c1-21-12-5-3-11(4-6-12)7-9-17-16(20)18-13-8-10-23-14(13)15(19)22-2/h3-6,8,10H,7,9H2,1-2H3,(H2,17,18,20). The van der Waals surface area contributed by atoms with Crippen LogP contribution in [0.5, 0.6) is 5.75 Å². The van der Waals surface area contributed by atoms with Crippen LogP contribution in [0.15, 0.2) is 35.7 Å². The van der Waals surface area contributed by atoms with Crippen molar-refractivity contribution in [3.05, 3.63) is 46.2 Å². The fourth-order valence-electron chi connectivity index (χ4n) is 1.94. The molecule has 1 aromatic carbocycles. The van der Waals surface area contributed by atoms with Crippen molar-refractivity contribution in [2.45, 2.75) is 6.42 Å². The minimum absolute atomic E-state index is 0.359. The molecular weight excluding hydrogens is 316 g/mol. The Kier molecular flexibility index (Phi) is 5.99. The predicted octanol–water partition coefficient (Wildman–Crippen LogP) is 2.91. The van der Waals surface area contributed by atoms with Crippen LogP contribution in [0, 0.1) is 0 Å². The number of anilines is 1. The number of rotatable bonds is 6. The summed E-state index contributed by atoms with van der Waals surface area (Å²) in [5, 5.41) is 7.12. The molecule has 0 aliphatic carbocycles. The lowest BCUT2D eigenvalue weighted by molar-refractivity contribution is 0.0607. The average Bonchev–Trinajstić information content (AvgIpc) is 3.02. The van der Waals surface area contributed by atoms with Crippen LogP contribution < -0.4 is 15.4 Å². The zero-order valence-corrected chi connectivity index (χ0v) is 13.7. The van der Waals surface area contributed by atoms with E-state index >= 15 is 0 Å². The summed E-state index contributed by atoms with van der Waals surface area (Å²) in [6.45, 7) is 0.482. The minimum Gasteiger partial charge on any atom is -0.497 e. The van der Waals surface area contributed by atoms with Crippen molar-refractivity contribution >= 4 is 29.0 Å². The van der Waals surface area contributed by atoms with Crippen molar-refractivity contribution in [2.24, 2.45) is 0 Å². The quantitative estimate of drug-likeness (QED) is 0.797. The third kappa shape index (κ3) is 4.72. The molecule has 0 aliphatic heterocycles. The van der Waals surface area contributed by atoms with Crippen molar-refractivity contribution in [1.29, 1.82) is 0 Å². The van der Waals surface area contributed by atoms with E-state index in [2.05, 4.69) is 15.4 Å². The molecule has 0 radical (unpaired) electrons. The Morgan fingerprint density at radius 2 is 1.87 bits per heavy atom. The number of hydrogen-bond acceptors (Lipinski definition) is 5. The predicted molar refractivity (Wildman–Crippen MR) is 89.4 cm³/mol. The number of methoxy groups -OCH3 is 2. The second-order valence-corrected chi connectivity index (χ2v) is 5.55. The van der Waals surface area contributed by atoms with Gasteiger partial charge in [-0.1, -0.05) is 12.1 Å². The Bertz CT molecular complexity index is 667. The molecule has 6 nitrogen and oxygen atoms in total. The van der Waals surface area contributed by atoms with Gasteiger partial charge in [-0.3, -0.25) is 0 Å². The summed E-state index contributed by atoms with van der Waals surface area (Å²) in [5.41, 5.74) is 1.54. The summed E-state index contributed by atoms with van der Waals surface area (Å²) in [6.07, 6.45) is 0.699. The molecule has 0 unspecified atom stereocenters. The van der Waals surface area contributed by atoms with Gasteiger partial charge in [0.1, 0.15) is 10.6 Å². The van der Waals surface area contributed by atoms with E-state index in [1.165, 1.54) is 18.4 Å². The number of esters is 1. The second kappa shape index (κ2) is 8.19. The van der Waals surface area contributed by atoms with Gasteiger partial charge < -0.3 is 20.1 Å². The maximum absolute atomic E-state index is 11.9. The average molecular weight is 334 g/mol. The largest absolute Gasteiger partial charge is 0.497 e. The van der Waals surface area contributed by atoms with E-state index in [1.807, 2.05) is 24.3 Å². The summed E-state index contributed by atoms with van der Waals surface area (Å²) < 4.78 is 9.76. The molecule has 1 aromatic heterocycles. The number of amides is 2.